The zero-order chi connectivity index (χ0) is 14.1. The van der Waals surface area contributed by atoms with Crippen molar-refractivity contribution >= 4 is 11.7 Å². The molecule has 1 atom stereocenters. The number of aromatic nitrogens is 2. The lowest BCUT2D eigenvalue weighted by Gasteiger charge is -2.16. The lowest BCUT2D eigenvalue weighted by molar-refractivity contribution is 0.0950. The fraction of sp³-hybridized carbons (Fsp3) is 0.615. The Morgan fingerprint density at radius 1 is 1.37 bits per heavy atom. The van der Waals surface area contributed by atoms with Crippen LogP contribution in [-0.4, -0.2) is 35.2 Å². The van der Waals surface area contributed by atoms with Gasteiger partial charge in [-0.25, -0.2) is 0 Å². The van der Waals surface area contributed by atoms with E-state index in [9.17, 15) is 4.79 Å². The quantitative estimate of drug-likeness (QED) is 0.656. The Labute approximate surface area is 114 Å². The van der Waals surface area contributed by atoms with Crippen molar-refractivity contribution in [2.45, 2.75) is 39.2 Å². The van der Waals surface area contributed by atoms with Crippen molar-refractivity contribution in [2.75, 3.05) is 18.4 Å². The predicted molar refractivity (Wildman–Crippen MR) is 76.0 cm³/mol. The highest BCUT2D eigenvalue weighted by atomic mass is 16.1. The van der Waals surface area contributed by atoms with Gasteiger partial charge in [-0.3, -0.25) is 4.79 Å². The molecule has 0 saturated carbocycles. The Hall–Kier alpha value is -1.69. The number of hydrogen-bond acceptors (Lipinski definition) is 5. The van der Waals surface area contributed by atoms with Crippen LogP contribution in [0.4, 0.5) is 5.82 Å². The van der Waals surface area contributed by atoms with E-state index in [-0.39, 0.29) is 11.9 Å². The fourth-order valence-corrected chi connectivity index (χ4v) is 1.69. The van der Waals surface area contributed by atoms with E-state index in [0.29, 0.717) is 24.6 Å². The number of amides is 1. The number of carbonyl (C=O) groups excluding carboxylic acids is 1. The lowest BCUT2D eigenvalue weighted by Crippen LogP contribution is -2.29. The van der Waals surface area contributed by atoms with Crippen LogP contribution < -0.4 is 16.4 Å². The van der Waals surface area contributed by atoms with Crippen LogP contribution in [0.1, 0.15) is 43.6 Å². The van der Waals surface area contributed by atoms with Crippen LogP contribution in [0.25, 0.3) is 0 Å². The molecule has 6 heteroatoms. The highest BCUT2D eigenvalue weighted by Crippen LogP contribution is 2.08. The number of nitrogens with zero attached hydrogens (tertiary/aromatic N) is 2. The van der Waals surface area contributed by atoms with Gasteiger partial charge in [-0.15, -0.1) is 10.2 Å². The maximum Gasteiger partial charge on any atom is 0.271 e. The van der Waals surface area contributed by atoms with E-state index in [1.807, 2.05) is 6.92 Å². The van der Waals surface area contributed by atoms with E-state index in [1.165, 1.54) is 0 Å². The first kappa shape index (κ1) is 15.4. The van der Waals surface area contributed by atoms with Crippen molar-refractivity contribution in [3.8, 4) is 0 Å². The summed E-state index contributed by atoms with van der Waals surface area (Å²) >= 11 is 0. The minimum Gasteiger partial charge on any atom is -0.365 e. The van der Waals surface area contributed by atoms with E-state index >= 15 is 0 Å². The molecule has 1 heterocycles. The largest absolute Gasteiger partial charge is 0.365 e. The highest BCUT2D eigenvalue weighted by Gasteiger charge is 2.09. The Bertz CT molecular complexity index is 379. The molecule has 19 heavy (non-hydrogen) atoms. The molecule has 106 valence electrons. The van der Waals surface area contributed by atoms with Gasteiger partial charge in [0.1, 0.15) is 5.82 Å². The third kappa shape index (κ3) is 5.21. The molecule has 4 N–H and O–H groups in total. The summed E-state index contributed by atoms with van der Waals surface area (Å²) in [6.07, 6.45) is 3.27. The van der Waals surface area contributed by atoms with Gasteiger partial charge in [0.2, 0.25) is 0 Å². The number of hydrogen-bond donors (Lipinski definition) is 3. The van der Waals surface area contributed by atoms with Crippen LogP contribution in [0.15, 0.2) is 12.1 Å². The standard InChI is InChI=1S/C13H23N5O/c1-3-5-6-10(9-14)16-12-8-7-11(17-18-12)13(19)15-4-2/h7-8,10H,3-6,9,14H2,1-2H3,(H,15,19)(H,16,18). The average molecular weight is 265 g/mol. The first-order valence-electron chi connectivity index (χ1n) is 6.79. The molecule has 1 aromatic heterocycles. The summed E-state index contributed by atoms with van der Waals surface area (Å²) < 4.78 is 0. The number of rotatable bonds is 8. The second-order valence-corrected chi connectivity index (χ2v) is 4.38. The van der Waals surface area contributed by atoms with Gasteiger partial charge in [-0.2, -0.15) is 0 Å². The van der Waals surface area contributed by atoms with Crippen molar-refractivity contribution in [1.82, 2.24) is 15.5 Å². The van der Waals surface area contributed by atoms with Crippen molar-refractivity contribution < 1.29 is 4.79 Å². The zero-order valence-electron chi connectivity index (χ0n) is 11.6. The topological polar surface area (TPSA) is 92.9 Å². The van der Waals surface area contributed by atoms with Crippen LogP contribution in [-0.2, 0) is 0 Å². The molecule has 0 spiro atoms. The number of carbonyl (C=O) groups is 1. The van der Waals surface area contributed by atoms with Gasteiger partial charge in [0.25, 0.3) is 5.91 Å². The molecular formula is C13H23N5O. The second-order valence-electron chi connectivity index (χ2n) is 4.38. The van der Waals surface area contributed by atoms with Gasteiger partial charge in [0.15, 0.2) is 5.69 Å². The third-order valence-corrected chi connectivity index (χ3v) is 2.78. The fourth-order valence-electron chi connectivity index (χ4n) is 1.69. The molecule has 0 aliphatic carbocycles. The molecule has 0 aliphatic heterocycles. The molecule has 1 rings (SSSR count). The Kier molecular flexibility index (Phi) is 6.81. The molecule has 0 radical (unpaired) electrons. The van der Waals surface area contributed by atoms with Crippen LogP contribution in [0, 0.1) is 0 Å². The van der Waals surface area contributed by atoms with E-state index in [2.05, 4.69) is 27.8 Å². The van der Waals surface area contributed by atoms with Gasteiger partial charge >= 0.3 is 0 Å². The molecule has 0 aromatic carbocycles. The summed E-state index contributed by atoms with van der Waals surface area (Å²) in [5, 5.41) is 13.8. The summed E-state index contributed by atoms with van der Waals surface area (Å²) in [5.74, 6) is 0.447. The molecular weight excluding hydrogens is 242 g/mol. The summed E-state index contributed by atoms with van der Waals surface area (Å²) in [5.41, 5.74) is 6.03. The summed E-state index contributed by atoms with van der Waals surface area (Å²) in [6, 6.07) is 3.62. The monoisotopic (exact) mass is 265 g/mol. The molecule has 1 amide bonds. The first-order chi connectivity index (χ1) is 9.21. The van der Waals surface area contributed by atoms with Gasteiger partial charge in [-0.05, 0) is 25.5 Å². The molecule has 1 unspecified atom stereocenters. The minimum atomic E-state index is -0.206. The normalized spacial score (nSPS) is 11.9. The SMILES string of the molecule is CCCCC(CN)Nc1ccc(C(=O)NCC)nn1. The Balaban J connectivity index is 2.57. The van der Waals surface area contributed by atoms with Gasteiger partial charge in [0.05, 0.1) is 0 Å². The summed E-state index contributed by atoms with van der Waals surface area (Å²) in [4.78, 5) is 11.5. The van der Waals surface area contributed by atoms with Crippen LogP contribution >= 0.6 is 0 Å². The van der Waals surface area contributed by atoms with Crippen molar-refractivity contribution in [1.29, 1.82) is 0 Å². The van der Waals surface area contributed by atoms with Crippen molar-refractivity contribution in [3.05, 3.63) is 17.8 Å². The smallest absolute Gasteiger partial charge is 0.271 e. The molecule has 6 nitrogen and oxygen atoms in total. The first-order valence-corrected chi connectivity index (χ1v) is 6.79. The van der Waals surface area contributed by atoms with E-state index in [1.54, 1.807) is 12.1 Å². The van der Waals surface area contributed by atoms with E-state index in [4.69, 9.17) is 5.73 Å². The number of nitrogens with one attached hydrogen (secondary N) is 2. The maximum absolute atomic E-state index is 11.5. The van der Waals surface area contributed by atoms with Crippen LogP contribution in [0.2, 0.25) is 0 Å². The molecule has 0 fully saturated rings. The van der Waals surface area contributed by atoms with Gasteiger partial charge < -0.3 is 16.4 Å². The van der Waals surface area contributed by atoms with E-state index < -0.39 is 0 Å². The summed E-state index contributed by atoms with van der Waals surface area (Å²) in [6.45, 7) is 5.14. The molecule has 1 aromatic rings. The number of unbranched alkanes of at least 4 members (excludes halogenated alkanes) is 1. The number of anilines is 1. The molecule has 0 bridgehead atoms. The van der Waals surface area contributed by atoms with Crippen molar-refractivity contribution in [3.63, 3.8) is 0 Å². The lowest BCUT2D eigenvalue weighted by atomic mass is 10.1. The van der Waals surface area contributed by atoms with Crippen LogP contribution in [0.5, 0.6) is 0 Å². The second kappa shape index (κ2) is 8.42. The van der Waals surface area contributed by atoms with Crippen LogP contribution in [0.3, 0.4) is 0 Å². The third-order valence-electron chi connectivity index (χ3n) is 2.78. The van der Waals surface area contributed by atoms with Gasteiger partial charge in [-0.1, -0.05) is 19.8 Å². The van der Waals surface area contributed by atoms with Crippen molar-refractivity contribution in [2.24, 2.45) is 5.73 Å². The number of nitrogens with two attached hydrogens (primary N) is 1. The maximum atomic E-state index is 11.5. The molecule has 0 saturated heterocycles. The van der Waals surface area contributed by atoms with E-state index in [0.717, 1.165) is 19.3 Å². The highest BCUT2D eigenvalue weighted by molar-refractivity contribution is 5.92. The zero-order valence-corrected chi connectivity index (χ0v) is 11.6. The Morgan fingerprint density at radius 2 is 2.16 bits per heavy atom. The predicted octanol–water partition coefficient (Wildman–Crippen LogP) is 1.16. The minimum absolute atomic E-state index is 0.199. The van der Waals surface area contributed by atoms with Gasteiger partial charge in [0, 0.05) is 19.1 Å². The molecule has 0 aliphatic rings. The Morgan fingerprint density at radius 3 is 2.68 bits per heavy atom. The average Bonchev–Trinajstić information content (AvgIpc) is 2.44. The summed E-state index contributed by atoms with van der Waals surface area (Å²) in [7, 11) is 0.